The zero-order valence-corrected chi connectivity index (χ0v) is 22.4. The number of alkyl carbamates (subject to hydrolysis) is 1. The van der Waals surface area contributed by atoms with Gasteiger partial charge in [0.1, 0.15) is 17.7 Å². The van der Waals surface area contributed by atoms with Gasteiger partial charge in [0.05, 0.1) is 0 Å². The van der Waals surface area contributed by atoms with Crippen LogP contribution in [-0.4, -0.2) is 47.5 Å². The van der Waals surface area contributed by atoms with Crippen LogP contribution in [0, 0.1) is 12.8 Å². The lowest BCUT2D eigenvalue weighted by Crippen LogP contribution is -2.55. The predicted molar refractivity (Wildman–Crippen MR) is 136 cm³/mol. The highest BCUT2D eigenvalue weighted by Crippen LogP contribution is 2.26. The third-order valence-corrected chi connectivity index (χ3v) is 5.90. The highest BCUT2D eigenvalue weighted by atomic mass is 16.6. The molecule has 3 amide bonds. The molecule has 0 heterocycles. The van der Waals surface area contributed by atoms with Gasteiger partial charge in [0.25, 0.3) is 0 Å². The summed E-state index contributed by atoms with van der Waals surface area (Å²) < 4.78 is 5.41. The second-order valence-corrected chi connectivity index (χ2v) is 9.89. The van der Waals surface area contributed by atoms with Gasteiger partial charge in [-0.2, -0.15) is 0 Å². The molecule has 192 valence electrons. The molecule has 2 N–H and O–H groups in total. The van der Waals surface area contributed by atoms with Crippen molar-refractivity contribution in [3.63, 3.8) is 0 Å². The van der Waals surface area contributed by atoms with Gasteiger partial charge in [0.15, 0.2) is 0 Å². The minimum Gasteiger partial charge on any atom is -0.444 e. The fraction of sp³-hybridized carbons (Fsp3) is 0.667. The Morgan fingerprint density at radius 2 is 1.71 bits per heavy atom. The van der Waals surface area contributed by atoms with Crippen LogP contribution in [0.25, 0.3) is 0 Å². The molecule has 0 bridgehead atoms. The van der Waals surface area contributed by atoms with E-state index < -0.39 is 23.8 Å². The van der Waals surface area contributed by atoms with Crippen LogP contribution in [-0.2, 0) is 14.3 Å². The molecule has 1 aromatic rings. The molecule has 3 unspecified atom stereocenters. The molecule has 0 saturated carbocycles. The number of ether oxygens (including phenoxy) is 1. The number of nitrogens with zero attached hydrogens (tertiary/aromatic N) is 1. The standard InChI is InChI=1S/C27H45N3O4/c1-9-12-15-18-28-24(31)23(21-17-14-13-16-20(21)5)30(11-3)25(32)22(19(4)10-2)29-26(33)34-27(6,7)8/h13-14,16-17,19,22-23H,9-12,15,18H2,1-8H3,(H,28,31)(H,29,33). The summed E-state index contributed by atoms with van der Waals surface area (Å²) in [5, 5.41) is 5.80. The summed E-state index contributed by atoms with van der Waals surface area (Å²) in [6.07, 6.45) is 3.02. The Kier molecular flexibility index (Phi) is 12.1. The Balaban J connectivity index is 3.31. The summed E-state index contributed by atoms with van der Waals surface area (Å²) in [6, 6.07) is 6.03. The van der Waals surface area contributed by atoms with E-state index in [1.54, 1.807) is 25.7 Å². The van der Waals surface area contributed by atoms with Crippen LogP contribution in [0.4, 0.5) is 4.79 Å². The lowest BCUT2D eigenvalue weighted by Gasteiger charge is -2.36. The van der Waals surface area contributed by atoms with Gasteiger partial charge in [-0.3, -0.25) is 9.59 Å². The van der Waals surface area contributed by atoms with Gasteiger partial charge in [-0.15, -0.1) is 0 Å². The summed E-state index contributed by atoms with van der Waals surface area (Å²) in [7, 11) is 0. The minimum atomic E-state index is -0.806. The van der Waals surface area contributed by atoms with Crippen LogP contribution in [0.3, 0.4) is 0 Å². The Hall–Kier alpha value is -2.57. The molecule has 0 aliphatic carbocycles. The molecule has 0 saturated heterocycles. The van der Waals surface area contributed by atoms with Crippen molar-refractivity contribution in [1.82, 2.24) is 15.5 Å². The molecule has 0 fully saturated rings. The lowest BCUT2D eigenvalue weighted by atomic mass is 9.94. The molecule has 1 aromatic carbocycles. The van der Waals surface area contributed by atoms with Crippen molar-refractivity contribution in [2.45, 2.75) is 98.8 Å². The number of rotatable bonds is 12. The molecule has 1 rings (SSSR count). The van der Waals surface area contributed by atoms with Gasteiger partial charge in [-0.25, -0.2) is 4.79 Å². The first-order valence-corrected chi connectivity index (χ1v) is 12.6. The van der Waals surface area contributed by atoms with Crippen LogP contribution in [0.5, 0.6) is 0 Å². The Bertz CT molecular complexity index is 803. The van der Waals surface area contributed by atoms with Gasteiger partial charge >= 0.3 is 6.09 Å². The SMILES string of the molecule is CCCCCNC(=O)C(c1ccccc1C)N(CC)C(=O)C(NC(=O)OC(C)(C)C)C(C)CC. The normalized spacial score (nSPS) is 14.0. The average Bonchev–Trinajstić information content (AvgIpc) is 2.77. The van der Waals surface area contributed by atoms with Gasteiger partial charge in [0.2, 0.25) is 11.8 Å². The molecular formula is C27H45N3O4. The molecule has 0 aromatic heterocycles. The Morgan fingerprint density at radius 3 is 2.24 bits per heavy atom. The smallest absolute Gasteiger partial charge is 0.408 e. The number of hydrogen-bond acceptors (Lipinski definition) is 4. The van der Waals surface area contributed by atoms with Crippen molar-refractivity contribution in [2.75, 3.05) is 13.1 Å². The zero-order chi connectivity index (χ0) is 25.9. The van der Waals surface area contributed by atoms with E-state index in [9.17, 15) is 14.4 Å². The quantitative estimate of drug-likeness (QED) is 0.410. The lowest BCUT2D eigenvalue weighted by molar-refractivity contribution is -0.143. The maximum Gasteiger partial charge on any atom is 0.408 e. The van der Waals surface area contributed by atoms with Crippen molar-refractivity contribution in [2.24, 2.45) is 5.92 Å². The topological polar surface area (TPSA) is 87.7 Å². The number of hydrogen-bond donors (Lipinski definition) is 2. The fourth-order valence-electron chi connectivity index (χ4n) is 3.79. The van der Waals surface area contributed by atoms with Crippen molar-refractivity contribution in [1.29, 1.82) is 0 Å². The molecule has 0 aliphatic heterocycles. The van der Waals surface area contributed by atoms with E-state index in [0.717, 1.165) is 30.4 Å². The largest absolute Gasteiger partial charge is 0.444 e. The van der Waals surface area contributed by atoms with Crippen molar-refractivity contribution in [3.8, 4) is 0 Å². The highest BCUT2D eigenvalue weighted by Gasteiger charge is 2.37. The molecule has 7 heteroatoms. The number of likely N-dealkylation sites (N-methyl/N-ethyl adjacent to an activating group) is 1. The number of carbonyl (C=O) groups is 3. The van der Waals surface area contributed by atoms with E-state index in [1.807, 2.05) is 52.0 Å². The van der Waals surface area contributed by atoms with E-state index in [2.05, 4.69) is 17.6 Å². The van der Waals surface area contributed by atoms with E-state index in [4.69, 9.17) is 4.74 Å². The van der Waals surface area contributed by atoms with E-state index in [1.165, 1.54) is 0 Å². The third-order valence-electron chi connectivity index (χ3n) is 5.90. The van der Waals surface area contributed by atoms with Gasteiger partial charge in [-0.05, 0) is 58.1 Å². The number of nitrogens with one attached hydrogen (secondary N) is 2. The number of amides is 3. The second-order valence-electron chi connectivity index (χ2n) is 9.89. The number of aryl methyl sites for hydroxylation is 1. The van der Waals surface area contributed by atoms with Gasteiger partial charge in [0, 0.05) is 13.1 Å². The maximum absolute atomic E-state index is 13.9. The van der Waals surface area contributed by atoms with E-state index >= 15 is 0 Å². The van der Waals surface area contributed by atoms with Crippen molar-refractivity contribution in [3.05, 3.63) is 35.4 Å². The molecule has 34 heavy (non-hydrogen) atoms. The molecule has 3 atom stereocenters. The number of carbonyl (C=O) groups excluding carboxylic acids is 3. The number of unbranched alkanes of at least 4 members (excludes halogenated alkanes) is 2. The first-order chi connectivity index (χ1) is 16.0. The molecule has 0 spiro atoms. The molecule has 0 aliphatic rings. The van der Waals surface area contributed by atoms with E-state index in [0.29, 0.717) is 19.5 Å². The first-order valence-electron chi connectivity index (χ1n) is 12.6. The molecular weight excluding hydrogens is 430 g/mol. The zero-order valence-electron chi connectivity index (χ0n) is 22.4. The number of benzene rings is 1. The fourth-order valence-corrected chi connectivity index (χ4v) is 3.79. The minimum absolute atomic E-state index is 0.140. The third kappa shape index (κ3) is 8.99. The summed E-state index contributed by atoms with van der Waals surface area (Å²) in [5.41, 5.74) is 1.04. The summed E-state index contributed by atoms with van der Waals surface area (Å²) in [4.78, 5) is 41.4. The Labute approximate surface area is 206 Å². The monoisotopic (exact) mass is 475 g/mol. The van der Waals surface area contributed by atoms with Crippen LogP contribution in [0.2, 0.25) is 0 Å². The Morgan fingerprint density at radius 1 is 1.06 bits per heavy atom. The van der Waals surface area contributed by atoms with E-state index in [-0.39, 0.29) is 17.7 Å². The van der Waals surface area contributed by atoms with Crippen molar-refractivity contribution < 1.29 is 19.1 Å². The molecule has 0 radical (unpaired) electrons. The summed E-state index contributed by atoms with van der Waals surface area (Å²) in [6.45, 7) is 16.0. The summed E-state index contributed by atoms with van der Waals surface area (Å²) >= 11 is 0. The van der Waals surface area contributed by atoms with Crippen molar-refractivity contribution >= 4 is 17.9 Å². The summed E-state index contributed by atoms with van der Waals surface area (Å²) in [5.74, 6) is -0.639. The maximum atomic E-state index is 13.9. The van der Waals surface area contributed by atoms with Crippen LogP contribution in [0.15, 0.2) is 24.3 Å². The average molecular weight is 476 g/mol. The highest BCUT2D eigenvalue weighted by molar-refractivity contribution is 5.92. The van der Waals surface area contributed by atoms with Crippen LogP contribution < -0.4 is 10.6 Å². The first kappa shape index (κ1) is 29.5. The second kappa shape index (κ2) is 14.0. The van der Waals surface area contributed by atoms with Gasteiger partial charge in [-0.1, -0.05) is 64.3 Å². The van der Waals surface area contributed by atoms with Crippen LogP contribution >= 0.6 is 0 Å². The predicted octanol–water partition coefficient (Wildman–Crippen LogP) is 5.13. The van der Waals surface area contributed by atoms with Crippen LogP contribution in [0.1, 0.15) is 91.3 Å². The van der Waals surface area contributed by atoms with Gasteiger partial charge < -0.3 is 20.3 Å². The molecule has 7 nitrogen and oxygen atoms in total.